The number of nitrogens with zero attached hydrogens (tertiary/aromatic N) is 2. The number of benzene rings is 1. The number of thioether (sulfide) groups is 1. The maximum Gasteiger partial charge on any atom is 0.325 e. The van der Waals surface area contributed by atoms with E-state index in [2.05, 4.69) is 32.8 Å². The molecule has 174 valence electrons. The molecule has 1 saturated heterocycles. The van der Waals surface area contributed by atoms with E-state index in [1.54, 1.807) is 18.7 Å². The van der Waals surface area contributed by atoms with Gasteiger partial charge in [0.15, 0.2) is 0 Å². The quantitative estimate of drug-likeness (QED) is 0.159. The maximum absolute atomic E-state index is 12.3. The van der Waals surface area contributed by atoms with Crippen molar-refractivity contribution in [3.05, 3.63) is 18.2 Å². The second-order valence-electron chi connectivity index (χ2n) is 9.11. The molecule has 2 rings (SSSR count). The summed E-state index contributed by atoms with van der Waals surface area (Å²) in [4.78, 5) is 15.1. The Bertz CT molecular complexity index is 747. The second kappa shape index (κ2) is 11.3. The second-order valence-corrected chi connectivity index (χ2v) is 10.3. The Labute approximate surface area is 190 Å². The van der Waals surface area contributed by atoms with Crippen molar-refractivity contribution >= 4 is 29.1 Å². The SMILES string of the molecule is CCOC(=O)CN(c1ccc(N=[NH2+])c(SCCC(C)CC(C)(C)C)c1)C1(OCC)CO1. The molecule has 1 aliphatic heterocycles. The van der Waals surface area contributed by atoms with Crippen molar-refractivity contribution in [2.75, 3.05) is 37.0 Å². The Hall–Kier alpha value is -1.64. The van der Waals surface area contributed by atoms with Gasteiger partial charge in [0.25, 0.3) is 5.91 Å². The van der Waals surface area contributed by atoms with Crippen LogP contribution in [0.4, 0.5) is 11.4 Å². The summed E-state index contributed by atoms with van der Waals surface area (Å²) >= 11 is 1.73. The first-order valence-corrected chi connectivity index (χ1v) is 12.0. The Morgan fingerprint density at radius 3 is 2.61 bits per heavy atom. The monoisotopic (exact) mass is 452 g/mol. The maximum atomic E-state index is 12.3. The summed E-state index contributed by atoms with van der Waals surface area (Å²) < 4.78 is 16.6. The van der Waals surface area contributed by atoms with Crippen molar-refractivity contribution in [2.24, 2.45) is 16.4 Å². The van der Waals surface area contributed by atoms with E-state index in [9.17, 15) is 4.79 Å². The van der Waals surface area contributed by atoms with Crippen LogP contribution in [0.1, 0.15) is 54.4 Å². The zero-order chi connectivity index (χ0) is 23.1. The third-order valence-corrected chi connectivity index (χ3v) is 6.07. The van der Waals surface area contributed by atoms with E-state index < -0.39 is 5.91 Å². The number of epoxide rings is 1. The standard InChI is InChI=1S/C23H37N3O4S/c1-7-28-21(27)15-26(23(16-30-23)29-8-2)18-9-10-19(25-24)20(13-18)31-12-11-17(3)14-22(4,5)6/h9-10,13,17,24H,7-8,11-12,14-16H2,1-6H3/p+1. The summed E-state index contributed by atoms with van der Waals surface area (Å²) in [5.41, 5.74) is 7.51. The van der Waals surface area contributed by atoms with Crippen LogP contribution in [0.5, 0.6) is 0 Å². The largest absolute Gasteiger partial charge is 0.465 e. The molecular weight excluding hydrogens is 414 g/mol. The van der Waals surface area contributed by atoms with E-state index in [4.69, 9.17) is 19.7 Å². The Morgan fingerprint density at radius 2 is 2.06 bits per heavy atom. The van der Waals surface area contributed by atoms with Gasteiger partial charge in [-0.2, -0.15) is 5.53 Å². The van der Waals surface area contributed by atoms with Gasteiger partial charge in [0.05, 0.1) is 6.61 Å². The van der Waals surface area contributed by atoms with Gasteiger partial charge in [-0.25, -0.2) is 0 Å². The van der Waals surface area contributed by atoms with Crippen molar-refractivity contribution in [3.63, 3.8) is 0 Å². The van der Waals surface area contributed by atoms with Gasteiger partial charge in [0.2, 0.25) is 0 Å². The van der Waals surface area contributed by atoms with E-state index in [1.807, 2.05) is 30.0 Å². The van der Waals surface area contributed by atoms with E-state index in [0.717, 1.165) is 28.4 Å². The zero-order valence-electron chi connectivity index (χ0n) is 19.8. The molecule has 1 aromatic carbocycles. The number of ether oxygens (including phenoxy) is 3. The lowest BCUT2D eigenvalue weighted by Gasteiger charge is -2.30. The number of carbonyl (C=O) groups excluding carboxylic acids is 1. The van der Waals surface area contributed by atoms with Crippen molar-refractivity contribution in [1.29, 1.82) is 0 Å². The van der Waals surface area contributed by atoms with Crippen LogP contribution in [0.25, 0.3) is 0 Å². The first kappa shape index (κ1) is 25.6. The molecule has 0 saturated carbocycles. The molecule has 0 amide bonds. The topological polar surface area (TPSA) is 89.2 Å². The minimum atomic E-state index is -0.925. The van der Waals surface area contributed by atoms with Crippen LogP contribution in [-0.2, 0) is 19.0 Å². The van der Waals surface area contributed by atoms with Gasteiger partial charge >= 0.3 is 5.97 Å². The minimum Gasteiger partial charge on any atom is -0.465 e. The molecule has 0 aromatic heterocycles. The van der Waals surface area contributed by atoms with Gasteiger partial charge in [-0.15, -0.1) is 11.8 Å². The minimum absolute atomic E-state index is 0.0413. The molecule has 2 unspecified atom stereocenters. The van der Waals surface area contributed by atoms with Crippen LogP contribution in [0, 0.1) is 11.3 Å². The number of carbonyl (C=O) groups is 1. The lowest BCUT2D eigenvalue weighted by molar-refractivity contribution is -0.210. The molecule has 31 heavy (non-hydrogen) atoms. The van der Waals surface area contributed by atoms with Crippen LogP contribution in [0.2, 0.25) is 0 Å². The molecule has 1 fully saturated rings. The average molecular weight is 453 g/mol. The summed E-state index contributed by atoms with van der Waals surface area (Å²) in [6.45, 7) is 14.1. The predicted octanol–water partition coefficient (Wildman–Crippen LogP) is 4.17. The molecule has 7 nitrogen and oxygen atoms in total. The first-order valence-electron chi connectivity index (χ1n) is 11.0. The van der Waals surface area contributed by atoms with Crippen molar-refractivity contribution in [3.8, 4) is 0 Å². The highest BCUT2D eigenvalue weighted by Gasteiger charge is 2.53. The first-order chi connectivity index (χ1) is 14.6. The molecule has 1 heterocycles. The van der Waals surface area contributed by atoms with Gasteiger partial charge < -0.3 is 19.1 Å². The molecule has 0 aliphatic carbocycles. The van der Waals surface area contributed by atoms with E-state index in [-0.39, 0.29) is 12.5 Å². The van der Waals surface area contributed by atoms with Crippen LogP contribution < -0.4 is 10.4 Å². The van der Waals surface area contributed by atoms with Gasteiger partial charge in [0.1, 0.15) is 18.8 Å². The third-order valence-electron chi connectivity index (χ3n) is 4.99. The highest BCUT2D eigenvalue weighted by Crippen LogP contribution is 2.40. The molecule has 0 radical (unpaired) electrons. The summed E-state index contributed by atoms with van der Waals surface area (Å²) in [5, 5.41) is 3.94. The number of hydrogen-bond acceptors (Lipinski definition) is 7. The fourth-order valence-corrected chi connectivity index (χ4v) is 4.97. The van der Waals surface area contributed by atoms with Crippen molar-refractivity contribution in [1.82, 2.24) is 0 Å². The molecule has 1 aliphatic rings. The van der Waals surface area contributed by atoms with Crippen LogP contribution in [0.15, 0.2) is 28.2 Å². The number of esters is 1. The Balaban J connectivity index is 2.18. The molecule has 1 aromatic rings. The van der Waals surface area contributed by atoms with Crippen LogP contribution in [-0.4, -0.2) is 44.0 Å². The highest BCUT2D eigenvalue weighted by atomic mass is 32.2. The number of hydrogen-bond donors (Lipinski definition) is 1. The predicted molar refractivity (Wildman–Crippen MR) is 123 cm³/mol. The molecule has 0 spiro atoms. The number of nitrogens with two attached hydrogens (primary N) is 1. The molecular formula is C23H38N3O4S+. The summed E-state index contributed by atoms with van der Waals surface area (Å²) in [6, 6.07) is 5.77. The number of anilines is 1. The van der Waals surface area contributed by atoms with Gasteiger partial charge in [-0.05, 0) is 67.1 Å². The molecule has 2 N–H and O–H groups in total. The van der Waals surface area contributed by atoms with Gasteiger partial charge in [0, 0.05) is 17.2 Å². The molecule has 0 bridgehead atoms. The van der Waals surface area contributed by atoms with E-state index in [1.165, 1.54) is 6.42 Å². The van der Waals surface area contributed by atoms with Crippen LogP contribution >= 0.6 is 11.8 Å². The zero-order valence-corrected chi connectivity index (χ0v) is 20.6. The molecule has 2 atom stereocenters. The lowest BCUT2D eigenvalue weighted by Crippen LogP contribution is -2.44. The average Bonchev–Trinajstić information content (AvgIpc) is 3.45. The third kappa shape index (κ3) is 7.77. The molecule has 8 heteroatoms. The van der Waals surface area contributed by atoms with Crippen LogP contribution in [0.3, 0.4) is 0 Å². The summed E-state index contributed by atoms with van der Waals surface area (Å²) in [7, 11) is 0. The van der Waals surface area contributed by atoms with E-state index in [0.29, 0.717) is 31.2 Å². The smallest absolute Gasteiger partial charge is 0.325 e. The van der Waals surface area contributed by atoms with E-state index >= 15 is 0 Å². The van der Waals surface area contributed by atoms with Gasteiger partial charge in [-0.3, -0.25) is 4.79 Å². The highest BCUT2D eigenvalue weighted by molar-refractivity contribution is 7.99. The Kier molecular flexibility index (Phi) is 9.33. The number of rotatable bonds is 13. The summed E-state index contributed by atoms with van der Waals surface area (Å²) in [6.07, 6.45) is 2.29. The lowest BCUT2D eigenvalue weighted by atomic mass is 9.84. The Morgan fingerprint density at radius 1 is 1.35 bits per heavy atom. The van der Waals surface area contributed by atoms with Crippen molar-refractivity contribution in [2.45, 2.75) is 65.2 Å². The fraction of sp³-hybridized carbons (Fsp3) is 0.696. The summed E-state index contributed by atoms with van der Waals surface area (Å²) in [5.74, 6) is 0.352. The van der Waals surface area contributed by atoms with Crippen molar-refractivity contribution < 1.29 is 24.5 Å². The fourth-order valence-electron chi connectivity index (χ4n) is 3.76. The normalized spacial score (nSPS) is 19.0. The van der Waals surface area contributed by atoms with Gasteiger partial charge in [-0.1, -0.05) is 27.7 Å².